The molecule has 0 saturated heterocycles. The van der Waals surface area contributed by atoms with Crippen molar-refractivity contribution in [2.45, 2.75) is 6.92 Å². The summed E-state index contributed by atoms with van der Waals surface area (Å²) in [6.45, 7) is 1.97. The number of hydrogen-bond acceptors (Lipinski definition) is 3. The van der Waals surface area contributed by atoms with Crippen molar-refractivity contribution in [3.05, 3.63) is 52.8 Å². The minimum atomic E-state index is 0.338. The van der Waals surface area contributed by atoms with E-state index in [4.69, 9.17) is 4.74 Å². The SMILES string of the molecule is CC=Cc1ccccc1Oc1ncc(Br)cn1. The largest absolute Gasteiger partial charge is 0.424 e. The maximum absolute atomic E-state index is 5.62. The Kier molecular flexibility index (Phi) is 3.88. The fourth-order valence-corrected chi connectivity index (χ4v) is 1.55. The molecule has 0 N–H and O–H groups in total. The summed E-state index contributed by atoms with van der Waals surface area (Å²) in [6, 6.07) is 8.09. The lowest BCUT2D eigenvalue weighted by atomic mass is 10.2. The van der Waals surface area contributed by atoms with Gasteiger partial charge < -0.3 is 4.74 Å². The van der Waals surface area contributed by atoms with Gasteiger partial charge in [0.2, 0.25) is 0 Å². The number of allylic oxidation sites excluding steroid dienone is 1. The van der Waals surface area contributed by atoms with E-state index in [1.165, 1.54) is 0 Å². The van der Waals surface area contributed by atoms with E-state index in [2.05, 4.69) is 25.9 Å². The van der Waals surface area contributed by atoms with E-state index in [9.17, 15) is 0 Å². The smallest absolute Gasteiger partial charge is 0.321 e. The number of ether oxygens (including phenoxy) is 1. The Bertz CT molecular complexity index is 523. The molecular formula is C13H11BrN2O. The Morgan fingerprint density at radius 2 is 1.88 bits per heavy atom. The van der Waals surface area contributed by atoms with Crippen LogP contribution in [0.25, 0.3) is 6.08 Å². The van der Waals surface area contributed by atoms with Gasteiger partial charge in [0, 0.05) is 18.0 Å². The van der Waals surface area contributed by atoms with E-state index in [-0.39, 0.29) is 0 Å². The van der Waals surface area contributed by atoms with Crippen LogP contribution in [0.3, 0.4) is 0 Å². The fourth-order valence-electron chi connectivity index (χ4n) is 1.34. The molecule has 0 fully saturated rings. The standard InChI is InChI=1S/C13H11BrN2O/c1-2-5-10-6-3-4-7-12(10)17-13-15-8-11(14)9-16-13/h2-9H,1H3. The van der Waals surface area contributed by atoms with E-state index < -0.39 is 0 Å². The van der Waals surface area contributed by atoms with Crippen LogP contribution in [0.2, 0.25) is 0 Å². The van der Waals surface area contributed by atoms with Crippen molar-refractivity contribution in [1.82, 2.24) is 9.97 Å². The zero-order valence-electron chi connectivity index (χ0n) is 9.30. The number of rotatable bonds is 3. The number of para-hydroxylation sites is 1. The summed E-state index contributed by atoms with van der Waals surface area (Å²) in [5, 5.41) is 0. The van der Waals surface area contributed by atoms with E-state index in [0.29, 0.717) is 6.01 Å². The van der Waals surface area contributed by atoms with Crippen LogP contribution in [0.5, 0.6) is 11.8 Å². The van der Waals surface area contributed by atoms with Gasteiger partial charge in [0.1, 0.15) is 5.75 Å². The van der Waals surface area contributed by atoms with Gasteiger partial charge in [-0.25, -0.2) is 9.97 Å². The first-order chi connectivity index (χ1) is 8.29. The summed E-state index contributed by atoms with van der Waals surface area (Å²) in [4.78, 5) is 8.14. The van der Waals surface area contributed by atoms with Gasteiger partial charge in [0.25, 0.3) is 0 Å². The van der Waals surface area contributed by atoms with Crippen LogP contribution < -0.4 is 4.74 Å². The first-order valence-electron chi connectivity index (χ1n) is 5.16. The Labute approximate surface area is 108 Å². The number of halogens is 1. The summed E-state index contributed by atoms with van der Waals surface area (Å²) < 4.78 is 6.45. The highest BCUT2D eigenvalue weighted by Crippen LogP contribution is 2.24. The highest BCUT2D eigenvalue weighted by molar-refractivity contribution is 9.10. The summed E-state index contributed by atoms with van der Waals surface area (Å²) in [6.07, 6.45) is 7.25. The molecule has 4 heteroatoms. The van der Waals surface area contributed by atoms with Crippen molar-refractivity contribution in [3.63, 3.8) is 0 Å². The fraction of sp³-hybridized carbons (Fsp3) is 0.0769. The Balaban J connectivity index is 2.26. The lowest BCUT2D eigenvalue weighted by Gasteiger charge is -2.06. The highest BCUT2D eigenvalue weighted by atomic mass is 79.9. The van der Waals surface area contributed by atoms with Gasteiger partial charge in [-0.2, -0.15) is 0 Å². The molecular weight excluding hydrogens is 280 g/mol. The molecule has 0 unspecified atom stereocenters. The molecule has 0 atom stereocenters. The third-order valence-electron chi connectivity index (χ3n) is 2.06. The first-order valence-corrected chi connectivity index (χ1v) is 5.96. The summed E-state index contributed by atoms with van der Waals surface area (Å²) in [5.41, 5.74) is 1.00. The second kappa shape index (κ2) is 5.59. The molecule has 1 heterocycles. The summed E-state index contributed by atoms with van der Waals surface area (Å²) in [5.74, 6) is 0.743. The molecule has 0 bridgehead atoms. The van der Waals surface area contributed by atoms with Crippen LogP contribution in [0, 0.1) is 0 Å². The number of nitrogens with zero attached hydrogens (tertiary/aromatic N) is 2. The van der Waals surface area contributed by atoms with E-state index >= 15 is 0 Å². The van der Waals surface area contributed by atoms with Crippen molar-refractivity contribution in [3.8, 4) is 11.8 Å². The monoisotopic (exact) mass is 290 g/mol. The van der Waals surface area contributed by atoms with Gasteiger partial charge in [-0.1, -0.05) is 30.4 Å². The maximum atomic E-state index is 5.62. The lowest BCUT2D eigenvalue weighted by molar-refractivity contribution is 0.440. The predicted octanol–water partition coefficient (Wildman–Crippen LogP) is 4.06. The highest BCUT2D eigenvalue weighted by Gasteiger charge is 2.03. The average Bonchev–Trinajstić information content (AvgIpc) is 2.35. The Morgan fingerprint density at radius 3 is 2.59 bits per heavy atom. The van der Waals surface area contributed by atoms with Crippen LogP contribution in [0.15, 0.2) is 47.2 Å². The molecule has 0 aliphatic rings. The molecule has 17 heavy (non-hydrogen) atoms. The molecule has 1 aromatic heterocycles. The molecule has 0 aliphatic heterocycles. The number of hydrogen-bond donors (Lipinski definition) is 0. The summed E-state index contributed by atoms with van der Waals surface area (Å²) >= 11 is 3.28. The van der Waals surface area contributed by atoms with Gasteiger partial charge in [0.15, 0.2) is 0 Å². The molecule has 86 valence electrons. The molecule has 0 spiro atoms. The minimum absolute atomic E-state index is 0.338. The summed E-state index contributed by atoms with van der Waals surface area (Å²) in [7, 11) is 0. The van der Waals surface area contributed by atoms with Gasteiger partial charge in [0.05, 0.1) is 4.47 Å². The van der Waals surface area contributed by atoms with Gasteiger partial charge in [-0.15, -0.1) is 0 Å². The molecule has 0 saturated carbocycles. The van der Waals surface area contributed by atoms with Crippen LogP contribution in [-0.2, 0) is 0 Å². The number of aromatic nitrogens is 2. The molecule has 2 rings (SSSR count). The van der Waals surface area contributed by atoms with E-state index in [1.807, 2.05) is 43.3 Å². The van der Waals surface area contributed by atoms with Crippen LogP contribution in [0.4, 0.5) is 0 Å². The molecule has 2 aromatic rings. The third kappa shape index (κ3) is 3.14. The zero-order valence-corrected chi connectivity index (χ0v) is 10.9. The van der Waals surface area contributed by atoms with Gasteiger partial charge >= 0.3 is 6.01 Å². The molecule has 0 radical (unpaired) electrons. The van der Waals surface area contributed by atoms with Crippen molar-refractivity contribution in [1.29, 1.82) is 0 Å². The van der Waals surface area contributed by atoms with Crippen molar-refractivity contribution in [2.75, 3.05) is 0 Å². The van der Waals surface area contributed by atoms with Crippen LogP contribution >= 0.6 is 15.9 Å². The molecule has 0 aliphatic carbocycles. The van der Waals surface area contributed by atoms with Crippen molar-refractivity contribution < 1.29 is 4.74 Å². The van der Waals surface area contributed by atoms with Crippen molar-refractivity contribution >= 4 is 22.0 Å². The normalized spacial score (nSPS) is 10.7. The van der Waals surface area contributed by atoms with E-state index in [0.717, 1.165) is 15.8 Å². The van der Waals surface area contributed by atoms with Gasteiger partial charge in [-0.05, 0) is 28.9 Å². The zero-order chi connectivity index (χ0) is 12.1. The minimum Gasteiger partial charge on any atom is -0.424 e. The second-order valence-corrected chi connectivity index (χ2v) is 4.24. The topological polar surface area (TPSA) is 35.0 Å². The molecule has 3 nitrogen and oxygen atoms in total. The third-order valence-corrected chi connectivity index (χ3v) is 2.47. The number of benzene rings is 1. The maximum Gasteiger partial charge on any atom is 0.321 e. The molecule has 1 aromatic carbocycles. The Hall–Kier alpha value is -1.68. The average molecular weight is 291 g/mol. The molecule has 0 amide bonds. The lowest BCUT2D eigenvalue weighted by Crippen LogP contribution is -1.92. The quantitative estimate of drug-likeness (QED) is 0.855. The van der Waals surface area contributed by atoms with E-state index in [1.54, 1.807) is 12.4 Å². The van der Waals surface area contributed by atoms with Crippen LogP contribution in [0.1, 0.15) is 12.5 Å². The predicted molar refractivity (Wildman–Crippen MR) is 71.0 cm³/mol. The van der Waals surface area contributed by atoms with Crippen molar-refractivity contribution in [2.24, 2.45) is 0 Å². The van der Waals surface area contributed by atoms with Crippen LogP contribution in [-0.4, -0.2) is 9.97 Å². The van der Waals surface area contributed by atoms with Gasteiger partial charge in [-0.3, -0.25) is 0 Å². The first kappa shape index (κ1) is 11.8. The Morgan fingerprint density at radius 1 is 1.18 bits per heavy atom. The second-order valence-electron chi connectivity index (χ2n) is 3.32.